The molecule has 49 heavy (non-hydrogen) atoms. The second kappa shape index (κ2) is 41.5. The van der Waals surface area contributed by atoms with Gasteiger partial charge >= 0.3 is 0 Å². The van der Waals surface area contributed by atoms with Gasteiger partial charge in [0, 0.05) is 6.42 Å². The van der Waals surface area contributed by atoms with Crippen molar-refractivity contribution >= 4 is 5.91 Å². The van der Waals surface area contributed by atoms with Gasteiger partial charge in [0.05, 0.1) is 18.8 Å². The highest BCUT2D eigenvalue weighted by Crippen LogP contribution is 2.17. The number of hydrogen-bond acceptors (Lipinski definition) is 3. The highest BCUT2D eigenvalue weighted by molar-refractivity contribution is 5.76. The number of carbonyl (C=O) groups is 1. The smallest absolute Gasteiger partial charge is 0.220 e. The molecule has 2 unspecified atom stereocenters. The van der Waals surface area contributed by atoms with Gasteiger partial charge in [0.2, 0.25) is 5.91 Å². The number of carbonyl (C=O) groups excluding carboxylic acids is 1. The number of unbranched alkanes of at least 4 members (excludes halogenated alkanes) is 32. The molecule has 0 saturated carbocycles. The Morgan fingerprint density at radius 1 is 0.469 bits per heavy atom. The van der Waals surface area contributed by atoms with Crippen LogP contribution in [0.15, 0.2) is 12.2 Å². The summed E-state index contributed by atoms with van der Waals surface area (Å²) in [6.45, 7) is 4.35. The number of allylic oxidation sites excluding steroid dienone is 2. The topological polar surface area (TPSA) is 69.6 Å². The summed E-state index contributed by atoms with van der Waals surface area (Å²) in [6.07, 6.45) is 51.5. The molecule has 292 valence electrons. The summed E-state index contributed by atoms with van der Waals surface area (Å²) < 4.78 is 0. The van der Waals surface area contributed by atoms with Crippen LogP contribution < -0.4 is 5.32 Å². The summed E-state index contributed by atoms with van der Waals surface area (Å²) in [7, 11) is 0. The van der Waals surface area contributed by atoms with E-state index in [1.165, 1.54) is 199 Å². The highest BCUT2D eigenvalue weighted by Gasteiger charge is 2.20. The van der Waals surface area contributed by atoms with E-state index in [4.69, 9.17) is 0 Å². The van der Waals surface area contributed by atoms with Crippen LogP contribution in [0.25, 0.3) is 0 Å². The molecule has 0 spiro atoms. The van der Waals surface area contributed by atoms with Crippen molar-refractivity contribution in [3.05, 3.63) is 12.2 Å². The fraction of sp³-hybridized carbons (Fsp3) is 0.933. The van der Waals surface area contributed by atoms with Crippen LogP contribution >= 0.6 is 0 Å². The first kappa shape index (κ1) is 48.1. The zero-order valence-corrected chi connectivity index (χ0v) is 33.5. The zero-order valence-electron chi connectivity index (χ0n) is 33.5. The molecule has 0 bridgehead atoms. The Morgan fingerprint density at radius 2 is 0.776 bits per heavy atom. The van der Waals surface area contributed by atoms with Crippen molar-refractivity contribution in [2.45, 2.75) is 264 Å². The number of aliphatic hydroxyl groups excluding tert-OH is 2. The predicted molar refractivity (Wildman–Crippen MR) is 216 cm³/mol. The van der Waals surface area contributed by atoms with Gasteiger partial charge in [0.1, 0.15) is 0 Å². The summed E-state index contributed by atoms with van der Waals surface area (Å²) in [4.78, 5) is 12.4. The van der Waals surface area contributed by atoms with Gasteiger partial charge in [-0.15, -0.1) is 0 Å². The number of rotatable bonds is 41. The van der Waals surface area contributed by atoms with E-state index >= 15 is 0 Å². The fourth-order valence-corrected chi connectivity index (χ4v) is 7.06. The minimum absolute atomic E-state index is 0.0382. The van der Waals surface area contributed by atoms with Crippen LogP contribution in [0, 0.1) is 0 Å². The van der Waals surface area contributed by atoms with Crippen molar-refractivity contribution in [3.63, 3.8) is 0 Å². The molecule has 1 amide bonds. The second-order valence-electron chi connectivity index (χ2n) is 15.5. The van der Waals surface area contributed by atoms with Crippen LogP contribution in [-0.4, -0.2) is 34.9 Å². The third-order valence-electron chi connectivity index (χ3n) is 10.5. The molecule has 3 N–H and O–H groups in total. The fourth-order valence-electron chi connectivity index (χ4n) is 7.06. The lowest BCUT2D eigenvalue weighted by Gasteiger charge is -2.22. The van der Waals surface area contributed by atoms with E-state index in [2.05, 4.69) is 31.3 Å². The van der Waals surface area contributed by atoms with Crippen molar-refractivity contribution in [2.75, 3.05) is 6.61 Å². The predicted octanol–water partition coefficient (Wildman–Crippen LogP) is 13.9. The van der Waals surface area contributed by atoms with Crippen LogP contribution in [0.2, 0.25) is 0 Å². The van der Waals surface area contributed by atoms with E-state index in [-0.39, 0.29) is 12.5 Å². The standard InChI is InChI=1S/C45H89NO3/c1-3-5-7-9-11-13-15-17-18-19-20-21-22-23-24-25-26-27-29-30-32-34-36-38-40-44(48)43(42-47)46-45(49)41-39-37-35-33-31-28-16-14-12-10-8-6-4-2/h14,16,43-44,47-48H,3-13,15,17-42H2,1-2H3,(H,46,49)/b16-14-. The number of aliphatic hydroxyl groups is 2. The lowest BCUT2D eigenvalue weighted by Crippen LogP contribution is -2.45. The number of nitrogens with one attached hydrogen (secondary N) is 1. The summed E-state index contributed by atoms with van der Waals surface area (Å²) in [5.74, 6) is -0.0382. The van der Waals surface area contributed by atoms with Gasteiger partial charge in [-0.1, -0.05) is 219 Å². The molecule has 0 radical (unpaired) electrons. The highest BCUT2D eigenvalue weighted by atomic mass is 16.3. The van der Waals surface area contributed by atoms with Crippen LogP contribution in [0.4, 0.5) is 0 Å². The summed E-state index contributed by atoms with van der Waals surface area (Å²) in [5, 5.41) is 23.2. The monoisotopic (exact) mass is 692 g/mol. The minimum atomic E-state index is -0.659. The van der Waals surface area contributed by atoms with Gasteiger partial charge in [-0.3, -0.25) is 4.79 Å². The lowest BCUT2D eigenvalue weighted by molar-refractivity contribution is -0.123. The van der Waals surface area contributed by atoms with Crippen molar-refractivity contribution in [2.24, 2.45) is 0 Å². The third-order valence-corrected chi connectivity index (χ3v) is 10.5. The molecule has 4 nitrogen and oxygen atoms in total. The normalized spacial score (nSPS) is 13.0. The zero-order chi connectivity index (χ0) is 35.7. The molecular formula is C45H89NO3. The second-order valence-corrected chi connectivity index (χ2v) is 15.5. The van der Waals surface area contributed by atoms with Crippen molar-refractivity contribution < 1.29 is 15.0 Å². The third kappa shape index (κ3) is 38.2. The molecular weight excluding hydrogens is 602 g/mol. The largest absolute Gasteiger partial charge is 0.394 e. The van der Waals surface area contributed by atoms with E-state index < -0.39 is 12.1 Å². The minimum Gasteiger partial charge on any atom is -0.394 e. The summed E-state index contributed by atoms with van der Waals surface area (Å²) >= 11 is 0. The molecule has 4 heteroatoms. The molecule has 2 atom stereocenters. The van der Waals surface area contributed by atoms with Gasteiger partial charge in [-0.25, -0.2) is 0 Å². The van der Waals surface area contributed by atoms with Gasteiger partial charge in [-0.05, 0) is 38.5 Å². The van der Waals surface area contributed by atoms with E-state index in [0.717, 1.165) is 25.7 Å². The molecule has 0 fully saturated rings. The van der Waals surface area contributed by atoms with Gasteiger partial charge in [0.25, 0.3) is 0 Å². The van der Waals surface area contributed by atoms with Crippen LogP contribution in [0.1, 0.15) is 251 Å². The average Bonchev–Trinajstić information content (AvgIpc) is 3.10. The van der Waals surface area contributed by atoms with Crippen LogP contribution in [0.3, 0.4) is 0 Å². The Morgan fingerprint density at radius 3 is 1.14 bits per heavy atom. The molecule has 0 saturated heterocycles. The maximum absolute atomic E-state index is 12.4. The first-order chi connectivity index (χ1) is 24.2. The van der Waals surface area contributed by atoms with Gasteiger partial charge < -0.3 is 15.5 Å². The van der Waals surface area contributed by atoms with E-state index in [0.29, 0.717) is 12.8 Å². The SMILES string of the molecule is CCCCCC/C=C\CCCCCCCC(=O)NC(CO)C(O)CCCCCCCCCCCCCCCCCCCCCCCCCC. The van der Waals surface area contributed by atoms with E-state index in [9.17, 15) is 15.0 Å². The Hall–Kier alpha value is -0.870. The first-order valence-electron chi connectivity index (χ1n) is 22.4. The summed E-state index contributed by atoms with van der Waals surface area (Å²) in [5.41, 5.74) is 0. The van der Waals surface area contributed by atoms with Crippen LogP contribution in [-0.2, 0) is 4.79 Å². The quantitative estimate of drug-likeness (QED) is 0.0441. The van der Waals surface area contributed by atoms with E-state index in [1.54, 1.807) is 0 Å². The Labute approximate surface area is 307 Å². The van der Waals surface area contributed by atoms with Crippen molar-refractivity contribution in [1.29, 1.82) is 0 Å². The Balaban J connectivity index is 3.45. The molecule has 0 aromatic heterocycles. The first-order valence-corrected chi connectivity index (χ1v) is 22.4. The molecule has 0 aromatic rings. The molecule has 0 aliphatic carbocycles. The molecule has 0 aliphatic heterocycles. The number of amides is 1. The summed E-state index contributed by atoms with van der Waals surface area (Å²) in [6, 6.07) is -0.536. The Bertz CT molecular complexity index is 666. The van der Waals surface area contributed by atoms with Crippen molar-refractivity contribution in [3.8, 4) is 0 Å². The maximum atomic E-state index is 12.4. The molecule has 0 aromatic carbocycles. The van der Waals surface area contributed by atoms with Crippen molar-refractivity contribution in [1.82, 2.24) is 5.32 Å². The maximum Gasteiger partial charge on any atom is 0.220 e. The van der Waals surface area contributed by atoms with E-state index in [1.807, 2.05) is 0 Å². The van der Waals surface area contributed by atoms with Gasteiger partial charge in [0.15, 0.2) is 0 Å². The number of hydrogen-bond donors (Lipinski definition) is 3. The molecule has 0 heterocycles. The molecule has 0 aliphatic rings. The lowest BCUT2D eigenvalue weighted by atomic mass is 10.0. The Kier molecular flexibility index (Phi) is 40.8. The van der Waals surface area contributed by atoms with Crippen LogP contribution in [0.5, 0.6) is 0 Å². The molecule has 0 rings (SSSR count). The average molecular weight is 692 g/mol. The van der Waals surface area contributed by atoms with Gasteiger partial charge in [-0.2, -0.15) is 0 Å².